The number of nitriles is 1. The zero-order valence-corrected chi connectivity index (χ0v) is 8.13. The molecule has 3 heteroatoms. The van der Waals surface area contributed by atoms with E-state index in [1.807, 2.05) is 26.8 Å². The minimum atomic E-state index is -0.0685. The van der Waals surface area contributed by atoms with Crippen LogP contribution in [-0.2, 0) is 5.41 Å². The molecule has 0 saturated carbocycles. The first-order valence-corrected chi connectivity index (χ1v) is 4.11. The van der Waals surface area contributed by atoms with Gasteiger partial charge in [0.1, 0.15) is 11.8 Å². The van der Waals surface area contributed by atoms with Crippen LogP contribution in [0, 0.1) is 11.3 Å². The maximum Gasteiger partial charge on any atom is 0.142 e. The van der Waals surface area contributed by atoms with Gasteiger partial charge in [-0.1, -0.05) is 20.8 Å². The van der Waals surface area contributed by atoms with Crippen LogP contribution in [0.5, 0.6) is 0 Å². The van der Waals surface area contributed by atoms with Gasteiger partial charge in [0.15, 0.2) is 0 Å². The Morgan fingerprint density at radius 1 is 1.38 bits per heavy atom. The van der Waals surface area contributed by atoms with Gasteiger partial charge in [-0.2, -0.15) is 5.26 Å². The summed E-state index contributed by atoms with van der Waals surface area (Å²) in [5.41, 5.74) is 7.40. The van der Waals surface area contributed by atoms with Crippen molar-refractivity contribution in [2.45, 2.75) is 26.2 Å². The topological polar surface area (TPSA) is 62.7 Å². The van der Waals surface area contributed by atoms with Gasteiger partial charge in [-0.3, -0.25) is 0 Å². The number of hydrogen-bond acceptors (Lipinski definition) is 3. The number of aromatic nitrogens is 1. The van der Waals surface area contributed by atoms with Crippen molar-refractivity contribution in [3.63, 3.8) is 0 Å². The molecule has 1 rings (SSSR count). The number of nitrogen functional groups attached to an aromatic ring is 1. The molecule has 0 aliphatic rings. The highest BCUT2D eigenvalue weighted by Gasteiger charge is 2.16. The Kier molecular flexibility index (Phi) is 2.24. The van der Waals surface area contributed by atoms with E-state index in [9.17, 15) is 0 Å². The standard InChI is InChI=1S/C10H13N3/c1-10(2,3)9-5-7(12)4-8(6-11)13-9/h4-5H,1-3H3,(H2,12,13). The Bertz CT molecular complexity index is 355. The van der Waals surface area contributed by atoms with Crippen molar-refractivity contribution in [3.05, 3.63) is 23.5 Å². The number of nitrogens with two attached hydrogens (primary N) is 1. The van der Waals surface area contributed by atoms with Gasteiger partial charge in [-0.15, -0.1) is 0 Å². The van der Waals surface area contributed by atoms with Crippen LogP contribution in [0.3, 0.4) is 0 Å². The fourth-order valence-electron chi connectivity index (χ4n) is 0.993. The van der Waals surface area contributed by atoms with E-state index in [0.717, 1.165) is 5.69 Å². The Hall–Kier alpha value is -1.56. The first kappa shape index (κ1) is 9.53. The summed E-state index contributed by atoms with van der Waals surface area (Å²) in [6.45, 7) is 6.11. The summed E-state index contributed by atoms with van der Waals surface area (Å²) in [6.07, 6.45) is 0. The Balaban J connectivity index is 3.26. The molecule has 0 radical (unpaired) electrons. The second-order valence-electron chi connectivity index (χ2n) is 4.03. The number of hydrogen-bond donors (Lipinski definition) is 1. The average Bonchev–Trinajstić information content (AvgIpc) is 2.01. The minimum absolute atomic E-state index is 0.0685. The summed E-state index contributed by atoms with van der Waals surface area (Å²) in [5.74, 6) is 0. The van der Waals surface area contributed by atoms with Crippen LogP contribution in [0.2, 0.25) is 0 Å². The van der Waals surface area contributed by atoms with E-state index in [0.29, 0.717) is 11.4 Å². The Morgan fingerprint density at radius 3 is 2.46 bits per heavy atom. The third kappa shape index (κ3) is 2.19. The molecule has 0 fully saturated rings. The van der Waals surface area contributed by atoms with Gasteiger partial charge in [-0.05, 0) is 12.1 Å². The van der Waals surface area contributed by atoms with Gasteiger partial charge in [0.2, 0.25) is 0 Å². The second kappa shape index (κ2) is 3.06. The number of rotatable bonds is 0. The molecule has 0 aromatic carbocycles. The fourth-order valence-corrected chi connectivity index (χ4v) is 0.993. The normalized spacial score (nSPS) is 10.9. The van der Waals surface area contributed by atoms with Gasteiger partial charge in [0.25, 0.3) is 0 Å². The zero-order valence-electron chi connectivity index (χ0n) is 8.13. The van der Waals surface area contributed by atoms with E-state index < -0.39 is 0 Å². The van der Waals surface area contributed by atoms with Gasteiger partial charge < -0.3 is 5.73 Å². The van der Waals surface area contributed by atoms with E-state index in [-0.39, 0.29) is 5.41 Å². The van der Waals surface area contributed by atoms with Crippen LogP contribution in [0.15, 0.2) is 12.1 Å². The Labute approximate surface area is 78.2 Å². The van der Waals surface area contributed by atoms with Crippen molar-refractivity contribution in [1.82, 2.24) is 4.98 Å². The van der Waals surface area contributed by atoms with Crippen LogP contribution < -0.4 is 5.73 Å². The lowest BCUT2D eigenvalue weighted by molar-refractivity contribution is 0.568. The molecule has 0 atom stereocenters. The van der Waals surface area contributed by atoms with Crippen molar-refractivity contribution >= 4 is 5.69 Å². The van der Waals surface area contributed by atoms with E-state index in [1.54, 1.807) is 12.1 Å². The van der Waals surface area contributed by atoms with Crippen molar-refractivity contribution < 1.29 is 0 Å². The molecule has 2 N–H and O–H groups in total. The molecular weight excluding hydrogens is 162 g/mol. The van der Waals surface area contributed by atoms with Crippen molar-refractivity contribution in [1.29, 1.82) is 5.26 Å². The maximum absolute atomic E-state index is 8.68. The molecule has 0 aliphatic heterocycles. The predicted octanol–water partition coefficient (Wildman–Crippen LogP) is 1.83. The minimum Gasteiger partial charge on any atom is -0.399 e. The lowest BCUT2D eigenvalue weighted by atomic mass is 9.91. The summed E-state index contributed by atoms with van der Waals surface area (Å²) in [4.78, 5) is 4.18. The Morgan fingerprint density at radius 2 is 2.00 bits per heavy atom. The first-order valence-electron chi connectivity index (χ1n) is 4.11. The molecule has 13 heavy (non-hydrogen) atoms. The third-order valence-electron chi connectivity index (χ3n) is 1.73. The molecule has 1 aromatic rings. The van der Waals surface area contributed by atoms with E-state index in [4.69, 9.17) is 11.0 Å². The molecule has 0 unspecified atom stereocenters. The van der Waals surface area contributed by atoms with Crippen molar-refractivity contribution in [2.75, 3.05) is 5.73 Å². The highest BCUT2D eigenvalue weighted by Crippen LogP contribution is 2.22. The van der Waals surface area contributed by atoms with Gasteiger partial charge in [-0.25, -0.2) is 4.98 Å². The van der Waals surface area contributed by atoms with Crippen LogP contribution in [0.4, 0.5) is 5.69 Å². The van der Waals surface area contributed by atoms with Crippen LogP contribution in [-0.4, -0.2) is 4.98 Å². The zero-order chi connectivity index (χ0) is 10.1. The fraction of sp³-hybridized carbons (Fsp3) is 0.400. The summed E-state index contributed by atoms with van der Waals surface area (Å²) in [6, 6.07) is 5.37. The lowest BCUT2D eigenvalue weighted by Crippen LogP contribution is -2.14. The molecule has 1 heterocycles. The quantitative estimate of drug-likeness (QED) is 0.654. The predicted molar refractivity (Wildman–Crippen MR) is 52.1 cm³/mol. The molecule has 3 nitrogen and oxygen atoms in total. The SMILES string of the molecule is CC(C)(C)c1cc(N)cc(C#N)n1. The molecule has 0 spiro atoms. The molecule has 1 aromatic heterocycles. The van der Waals surface area contributed by atoms with Crippen LogP contribution >= 0.6 is 0 Å². The van der Waals surface area contributed by atoms with Gasteiger partial charge >= 0.3 is 0 Å². The molecule has 0 saturated heterocycles. The van der Waals surface area contributed by atoms with E-state index in [2.05, 4.69) is 4.98 Å². The highest BCUT2D eigenvalue weighted by molar-refractivity contribution is 5.44. The molecule has 0 amide bonds. The van der Waals surface area contributed by atoms with Crippen LogP contribution in [0.1, 0.15) is 32.2 Å². The van der Waals surface area contributed by atoms with Crippen molar-refractivity contribution in [3.8, 4) is 6.07 Å². The monoisotopic (exact) mass is 175 g/mol. The molecule has 0 aliphatic carbocycles. The summed E-state index contributed by atoms with van der Waals surface area (Å²) in [5, 5.41) is 8.68. The second-order valence-corrected chi connectivity index (χ2v) is 4.03. The number of nitrogens with zero attached hydrogens (tertiary/aromatic N) is 2. The summed E-state index contributed by atoms with van der Waals surface area (Å²) in [7, 11) is 0. The van der Waals surface area contributed by atoms with Crippen LogP contribution in [0.25, 0.3) is 0 Å². The third-order valence-corrected chi connectivity index (χ3v) is 1.73. The number of anilines is 1. The summed E-state index contributed by atoms with van der Waals surface area (Å²) >= 11 is 0. The largest absolute Gasteiger partial charge is 0.399 e. The van der Waals surface area contributed by atoms with E-state index >= 15 is 0 Å². The van der Waals surface area contributed by atoms with E-state index in [1.165, 1.54) is 0 Å². The first-order chi connectivity index (χ1) is 5.93. The molecule has 0 bridgehead atoms. The average molecular weight is 175 g/mol. The van der Waals surface area contributed by atoms with Gasteiger partial charge in [0.05, 0.1) is 0 Å². The smallest absolute Gasteiger partial charge is 0.142 e. The lowest BCUT2D eigenvalue weighted by Gasteiger charge is -2.17. The number of pyridine rings is 1. The van der Waals surface area contributed by atoms with Crippen molar-refractivity contribution in [2.24, 2.45) is 0 Å². The summed E-state index contributed by atoms with van der Waals surface area (Å²) < 4.78 is 0. The highest BCUT2D eigenvalue weighted by atomic mass is 14.7. The molecular formula is C10H13N3. The molecule has 68 valence electrons. The maximum atomic E-state index is 8.68. The van der Waals surface area contributed by atoms with Gasteiger partial charge in [0, 0.05) is 16.8 Å².